The topological polar surface area (TPSA) is 0 Å². The summed E-state index contributed by atoms with van der Waals surface area (Å²) in [5, 5.41) is 0. The zero-order valence-electron chi connectivity index (χ0n) is 6.26. The third-order valence-electron chi connectivity index (χ3n) is 1.40. The molecule has 55 valence electrons. The van der Waals surface area contributed by atoms with Crippen LogP contribution in [0, 0.1) is 6.07 Å². The predicted octanol–water partition coefficient (Wildman–Crippen LogP) is 2.61. The van der Waals surface area contributed by atoms with Gasteiger partial charge >= 0.3 is 0 Å². The van der Waals surface area contributed by atoms with Crippen LogP contribution in [0.25, 0.3) is 0 Å². The van der Waals surface area contributed by atoms with Gasteiger partial charge < -0.3 is 0 Å². The molecule has 0 nitrogen and oxygen atoms in total. The van der Waals surface area contributed by atoms with Crippen LogP contribution in [0.4, 0.5) is 0 Å². The molecule has 0 N–H and O–H groups in total. The van der Waals surface area contributed by atoms with E-state index < -0.39 is 0 Å². The van der Waals surface area contributed by atoms with Crippen LogP contribution in [0.5, 0.6) is 0 Å². The van der Waals surface area contributed by atoms with Gasteiger partial charge in [-0.3, -0.25) is 0 Å². The van der Waals surface area contributed by atoms with Crippen LogP contribution in [0.2, 0.25) is 0 Å². The van der Waals surface area contributed by atoms with Crippen molar-refractivity contribution in [3.05, 3.63) is 35.9 Å². The first-order chi connectivity index (χ1) is 4.30. The van der Waals surface area contributed by atoms with Crippen LogP contribution in [0.1, 0.15) is 25.3 Å². The molecule has 0 aliphatic rings. The summed E-state index contributed by atoms with van der Waals surface area (Å²) in [5.74, 6) is 0.627. The Morgan fingerprint density at radius 2 is 2.10 bits per heavy atom. The summed E-state index contributed by atoms with van der Waals surface area (Å²) in [5.41, 5.74) is 1.36. The maximum Gasteiger partial charge on any atom is 0 e. The molecule has 0 spiro atoms. The van der Waals surface area contributed by atoms with E-state index in [1.54, 1.807) is 0 Å². The second-order valence-electron chi connectivity index (χ2n) is 2.49. The summed E-state index contributed by atoms with van der Waals surface area (Å²) in [4.78, 5) is 0. The van der Waals surface area contributed by atoms with E-state index in [2.05, 4.69) is 26.0 Å². The van der Waals surface area contributed by atoms with Crippen molar-refractivity contribution < 1.29 is 20.4 Å². The molecule has 0 aliphatic heterocycles. The summed E-state index contributed by atoms with van der Waals surface area (Å²) in [6, 6.07) is 11.1. The molecule has 0 unspecified atom stereocenters. The molecule has 0 fully saturated rings. The van der Waals surface area contributed by atoms with Gasteiger partial charge in [0.25, 0.3) is 0 Å². The molecule has 1 rings (SSSR count). The van der Waals surface area contributed by atoms with Crippen molar-refractivity contribution in [3.8, 4) is 0 Å². The summed E-state index contributed by atoms with van der Waals surface area (Å²) >= 11 is 0. The molecular formula is C9H11Re-. The molecule has 0 saturated carbocycles. The van der Waals surface area contributed by atoms with E-state index in [9.17, 15) is 0 Å². The summed E-state index contributed by atoms with van der Waals surface area (Å²) in [6.07, 6.45) is 0. The minimum atomic E-state index is 0. The van der Waals surface area contributed by atoms with Gasteiger partial charge in [-0.15, -0.1) is 0 Å². The molecule has 1 aromatic rings. The SMILES string of the molecule is CC(C)c1c[c-]ccc1.[Re]. The first-order valence-electron chi connectivity index (χ1n) is 3.26. The van der Waals surface area contributed by atoms with Gasteiger partial charge in [-0.05, 0) is 0 Å². The molecule has 1 aromatic carbocycles. The zero-order valence-corrected chi connectivity index (χ0v) is 8.98. The average molecular weight is 305 g/mol. The Morgan fingerprint density at radius 3 is 2.40 bits per heavy atom. The number of hydrogen-bond donors (Lipinski definition) is 0. The third-order valence-corrected chi connectivity index (χ3v) is 1.40. The monoisotopic (exact) mass is 306 g/mol. The number of rotatable bonds is 1. The maximum absolute atomic E-state index is 3.04. The van der Waals surface area contributed by atoms with Gasteiger partial charge in [-0.2, -0.15) is 35.9 Å². The fourth-order valence-electron chi connectivity index (χ4n) is 0.766. The summed E-state index contributed by atoms with van der Waals surface area (Å²) in [7, 11) is 0. The average Bonchev–Trinajstić information content (AvgIpc) is 1.90. The fourth-order valence-corrected chi connectivity index (χ4v) is 0.766. The van der Waals surface area contributed by atoms with Crippen LogP contribution < -0.4 is 0 Å². The van der Waals surface area contributed by atoms with Crippen LogP contribution in [0.15, 0.2) is 24.3 Å². The van der Waals surface area contributed by atoms with E-state index in [0.29, 0.717) is 5.92 Å². The van der Waals surface area contributed by atoms with Gasteiger partial charge in [0.2, 0.25) is 0 Å². The van der Waals surface area contributed by atoms with E-state index in [-0.39, 0.29) is 20.4 Å². The van der Waals surface area contributed by atoms with E-state index in [1.807, 2.05) is 18.2 Å². The van der Waals surface area contributed by atoms with E-state index >= 15 is 0 Å². The van der Waals surface area contributed by atoms with Crippen molar-refractivity contribution >= 4 is 0 Å². The van der Waals surface area contributed by atoms with Crippen molar-refractivity contribution in [1.82, 2.24) is 0 Å². The number of benzene rings is 1. The quantitative estimate of drug-likeness (QED) is 0.700. The van der Waals surface area contributed by atoms with Crippen molar-refractivity contribution in [1.29, 1.82) is 0 Å². The van der Waals surface area contributed by atoms with Crippen molar-refractivity contribution in [2.75, 3.05) is 0 Å². The number of hydrogen-bond acceptors (Lipinski definition) is 0. The van der Waals surface area contributed by atoms with Crippen molar-refractivity contribution in [2.24, 2.45) is 0 Å². The maximum atomic E-state index is 3.04. The van der Waals surface area contributed by atoms with Gasteiger partial charge in [0.05, 0.1) is 0 Å². The molecule has 0 amide bonds. The molecular weight excluding hydrogens is 294 g/mol. The van der Waals surface area contributed by atoms with Crippen LogP contribution >= 0.6 is 0 Å². The Kier molecular flexibility index (Phi) is 4.61. The van der Waals surface area contributed by atoms with Gasteiger partial charge in [-0.25, -0.2) is 0 Å². The van der Waals surface area contributed by atoms with E-state index in [4.69, 9.17) is 0 Å². The third kappa shape index (κ3) is 2.64. The second kappa shape index (κ2) is 4.66. The Labute approximate surface area is 76.3 Å². The second-order valence-corrected chi connectivity index (χ2v) is 2.49. The Morgan fingerprint density at radius 1 is 1.40 bits per heavy atom. The molecule has 0 bridgehead atoms. The molecule has 0 aromatic heterocycles. The van der Waals surface area contributed by atoms with Crippen molar-refractivity contribution in [3.63, 3.8) is 0 Å². The zero-order chi connectivity index (χ0) is 6.69. The molecule has 0 aliphatic carbocycles. The molecule has 1 heteroatoms. The molecule has 10 heavy (non-hydrogen) atoms. The van der Waals surface area contributed by atoms with Gasteiger partial charge in [0.1, 0.15) is 0 Å². The molecule has 0 heterocycles. The Hall–Kier alpha value is -0.118. The van der Waals surface area contributed by atoms with E-state index in [0.717, 1.165) is 0 Å². The summed E-state index contributed by atoms with van der Waals surface area (Å²) in [6.45, 7) is 4.37. The minimum absolute atomic E-state index is 0. The largest absolute Gasteiger partial charge is 0.184 e. The van der Waals surface area contributed by atoms with Gasteiger partial charge in [-0.1, -0.05) is 19.8 Å². The van der Waals surface area contributed by atoms with Crippen molar-refractivity contribution in [2.45, 2.75) is 19.8 Å². The smallest absolute Gasteiger partial charge is 0 e. The predicted molar refractivity (Wildman–Crippen MR) is 39.4 cm³/mol. The normalized spacial score (nSPS) is 9.10. The molecule has 0 atom stereocenters. The standard InChI is InChI=1S/C9H11.Re/c1-8(2)9-6-4-3-5-7-9;/h3-4,6-8H,1-2H3;/q-1;. The Balaban J connectivity index is 0.000000810. The van der Waals surface area contributed by atoms with Crippen LogP contribution in [-0.2, 0) is 20.4 Å². The molecule has 0 saturated heterocycles. The van der Waals surface area contributed by atoms with Gasteiger partial charge in [0.15, 0.2) is 0 Å². The Bertz CT molecular complexity index is 167. The fraction of sp³-hybridized carbons (Fsp3) is 0.333. The van der Waals surface area contributed by atoms with E-state index in [1.165, 1.54) is 5.56 Å². The first kappa shape index (κ1) is 9.88. The van der Waals surface area contributed by atoms with Crippen LogP contribution in [0.3, 0.4) is 0 Å². The van der Waals surface area contributed by atoms with Crippen LogP contribution in [-0.4, -0.2) is 0 Å². The summed E-state index contributed by atoms with van der Waals surface area (Å²) < 4.78 is 0. The first-order valence-corrected chi connectivity index (χ1v) is 3.26. The minimum Gasteiger partial charge on any atom is -0.184 e. The van der Waals surface area contributed by atoms with Gasteiger partial charge in [0, 0.05) is 20.4 Å². The molecule has 1 radical (unpaired) electrons.